The van der Waals surface area contributed by atoms with Gasteiger partial charge in [-0.2, -0.15) is 0 Å². The van der Waals surface area contributed by atoms with Gasteiger partial charge in [0.05, 0.1) is 0 Å². The molecule has 1 heteroatoms. The number of hydrogen-bond donors (Lipinski definition) is 1. The molecule has 1 N–H and O–H groups in total. The molecule has 0 heterocycles. The summed E-state index contributed by atoms with van der Waals surface area (Å²) >= 11 is 0. The summed E-state index contributed by atoms with van der Waals surface area (Å²) in [4.78, 5) is 0. The molecule has 1 atom stereocenters. The molecule has 108 valence electrons. The van der Waals surface area contributed by atoms with Gasteiger partial charge in [-0.1, -0.05) is 65.7 Å². The van der Waals surface area contributed by atoms with Crippen molar-refractivity contribution in [3.63, 3.8) is 0 Å². The lowest BCUT2D eigenvalue weighted by Crippen LogP contribution is -2.38. The van der Waals surface area contributed by atoms with Crippen molar-refractivity contribution in [2.75, 3.05) is 6.54 Å². The average molecular weight is 253 g/mol. The first-order valence-electron chi connectivity index (χ1n) is 8.55. The predicted octanol–water partition coefficient (Wildman–Crippen LogP) is 5.15. The van der Waals surface area contributed by atoms with Gasteiger partial charge in [0.25, 0.3) is 0 Å². The topological polar surface area (TPSA) is 12.0 Å². The molecule has 0 aromatic heterocycles. The minimum atomic E-state index is 0.807. The van der Waals surface area contributed by atoms with E-state index in [0.717, 1.165) is 24.4 Å². The van der Waals surface area contributed by atoms with E-state index in [-0.39, 0.29) is 0 Å². The Morgan fingerprint density at radius 1 is 0.944 bits per heavy atom. The van der Waals surface area contributed by atoms with Crippen LogP contribution < -0.4 is 5.32 Å². The summed E-state index contributed by atoms with van der Waals surface area (Å²) in [7, 11) is 0. The predicted molar refractivity (Wildman–Crippen MR) is 82.0 cm³/mol. The van der Waals surface area contributed by atoms with E-state index in [0.29, 0.717) is 0 Å². The second-order valence-electron chi connectivity index (χ2n) is 6.23. The third-order valence-corrected chi connectivity index (χ3v) is 4.76. The SMILES string of the molecule is CCCCC1CCC(C(CCCC)NCC)CC1. The molecular weight excluding hydrogens is 218 g/mol. The van der Waals surface area contributed by atoms with Crippen LogP contribution in [0.15, 0.2) is 0 Å². The van der Waals surface area contributed by atoms with Gasteiger partial charge in [-0.25, -0.2) is 0 Å². The molecule has 1 aliphatic rings. The lowest BCUT2D eigenvalue weighted by Gasteiger charge is -2.34. The average Bonchev–Trinajstić information content (AvgIpc) is 2.42. The van der Waals surface area contributed by atoms with Gasteiger partial charge in [-0.15, -0.1) is 0 Å². The Balaban J connectivity index is 2.28. The maximum atomic E-state index is 3.75. The lowest BCUT2D eigenvalue weighted by molar-refractivity contribution is 0.205. The summed E-state index contributed by atoms with van der Waals surface area (Å²) in [6.45, 7) is 8.03. The fraction of sp³-hybridized carbons (Fsp3) is 1.00. The lowest BCUT2D eigenvalue weighted by atomic mass is 9.76. The summed E-state index contributed by atoms with van der Waals surface area (Å²) in [5.41, 5.74) is 0. The van der Waals surface area contributed by atoms with Crippen LogP contribution in [0.5, 0.6) is 0 Å². The van der Waals surface area contributed by atoms with Gasteiger partial charge in [0.15, 0.2) is 0 Å². The highest BCUT2D eigenvalue weighted by Crippen LogP contribution is 2.34. The fourth-order valence-corrected chi connectivity index (χ4v) is 3.56. The van der Waals surface area contributed by atoms with E-state index in [1.807, 2.05) is 0 Å². The van der Waals surface area contributed by atoms with Gasteiger partial charge in [-0.05, 0) is 37.6 Å². The van der Waals surface area contributed by atoms with Crippen molar-refractivity contribution in [1.82, 2.24) is 5.32 Å². The zero-order valence-electron chi connectivity index (χ0n) is 13.0. The van der Waals surface area contributed by atoms with E-state index in [1.54, 1.807) is 0 Å². The van der Waals surface area contributed by atoms with Crippen LogP contribution in [-0.4, -0.2) is 12.6 Å². The van der Waals surface area contributed by atoms with Crippen molar-refractivity contribution in [3.8, 4) is 0 Å². The third-order valence-electron chi connectivity index (χ3n) is 4.76. The molecule has 1 fully saturated rings. The minimum Gasteiger partial charge on any atom is -0.314 e. The van der Waals surface area contributed by atoms with E-state index in [2.05, 4.69) is 26.1 Å². The van der Waals surface area contributed by atoms with Crippen molar-refractivity contribution in [2.24, 2.45) is 11.8 Å². The van der Waals surface area contributed by atoms with Gasteiger partial charge in [0.2, 0.25) is 0 Å². The highest BCUT2D eigenvalue weighted by Gasteiger charge is 2.26. The van der Waals surface area contributed by atoms with Crippen LogP contribution in [0.25, 0.3) is 0 Å². The summed E-state index contributed by atoms with van der Waals surface area (Å²) in [5, 5.41) is 3.75. The van der Waals surface area contributed by atoms with Crippen LogP contribution in [0.3, 0.4) is 0 Å². The zero-order valence-corrected chi connectivity index (χ0v) is 13.0. The standard InChI is InChI=1S/C17H35N/c1-4-7-9-15-11-13-16(14-12-15)17(18-6-3)10-8-5-2/h15-18H,4-14H2,1-3H3. The Hall–Kier alpha value is -0.0400. The van der Waals surface area contributed by atoms with Gasteiger partial charge >= 0.3 is 0 Å². The normalized spacial score (nSPS) is 26.2. The summed E-state index contributed by atoms with van der Waals surface area (Å²) in [5.74, 6) is 2.02. The molecule has 0 bridgehead atoms. The molecule has 1 rings (SSSR count). The van der Waals surface area contributed by atoms with E-state index < -0.39 is 0 Å². The summed E-state index contributed by atoms with van der Waals surface area (Å²) in [6, 6.07) is 0.807. The van der Waals surface area contributed by atoms with Crippen LogP contribution in [-0.2, 0) is 0 Å². The van der Waals surface area contributed by atoms with Crippen LogP contribution in [0, 0.1) is 11.8 Å². The first kappa shape index (κ1) is 16.0. The second kappa shape index (κ2) is 9.83. The van der Waals surface area contributed by atoms with Gasteiger partial charge in [0.1, 0.15) is 0 Å². The molecule has 0 aliphatic heterocycles. The number of unbranched alkanes of at least 4 members (excludes halogenated alkanes) is 2. The molecule has 0 amide bonds. The molecule has 0 spiro atoms. The van der Waals surface area contributed by atoms with E-state index in [4.69, 9.17) is 0 Å². The molecule has 0 aromatic carbocycles. The zero-order chi connectivity index (χ0) is 13.2. The van der Waals surface area contributed by atoms with Crippen molar-refractivity contribution >= 4 is 0 Å². The molecule has 1 aliphatic carbocycles. The van der Waals surface area contributed by atoms with Crippen molar-refractivity contribution in [3.05, 3.63) is 0 Å². The first-order chi connectivity index (χ1) is 8.81. The van der Waals surface area contributed by atoms with Gasteiger partial charge in [-0.3, -0.25) is 0 Å². The maximum Gasteiger partial charge on any atom is 0.00952 e. The van der Waals surface area contributed by atoms with E-state index in [9.17, 15) is 0 Å². The number of nitrogens with one attached hydrogen (secondary N) is 1. The maximum absolute atomic E-state index is 3.75. The van der Waals surface area contributed by atoms with Crippen molar-refractivity contribution < 1.29 is 0 Å². The van der Waals surface area contributed by atoms with Crippen molar-refractivity contribution in [1.29, 1.82) is 0 Å². The summed E-state index contributed by atoms with van der Waals surface area (Å²) in [6.07, 6.45) is 14.4. The van der Waals surface area contributed by atoms with Crippen LogP contribution in [0.1, 0.15) is 85.0 Å². The Kier molecular flexibility index (Phi) is 8.75. The second-order valence-corrected chi connectivity index (χ2v) is 6.23. The Bertz CT molecular complexity index is 182. The molecule has 0 aromatic rings. The van der Waals surface area contributed by atoms with Gasteiger partial charge in [0, 0.05) is 6.04 Å². The number of hydrogen-bond acceptors (Lipinski definition) is 1. The molecule has 1 nitrogen and oxygen atoms in total. The number of rotatable bonds is 9. The largest absolute Gasteiger partial charge is 0.314 e. The first-order valence-corrected chi connectivity index (χ1v) is 8.55. The fourth-order valence-electron chi connectivity index (χ4n) is 3.56. The summed E-state index contributed by atoms with van der Waals surface area (Å²) < 4.78 is 0. The highest BCUT2D eigenvalue weighted by molar-refractivity contribution is 4.81. The molecule has 0 saturated heterocycles. The quantitative estimate of drug-likeness (QED) is 0.599. The molecule has 1 unspecified atom stereocenters. The Morgan fingerprint density at radius 2 is 1.61 bits per heavy atom. The van der Waals surface area contributed by atoms with E-state index in [1.165, 1.54) is 64.2 Å². The molecule has 1 saturated carbocycles. The monoisotopic (exact) mass is 253 g/mol. The minimum absolute atomic E-state index is 0.807. The van der Waals surface area contributed by atoms with Crippen LogP contribution in [0.4, 0.5) is 0 Å². The molecule has 18 heavy (non-hydrogen) atoms. The smallest absolute Gasteiger partial charge is 0.00952 e. The Labute approximate surface area is 115 Å². The van der Waals surface area contributed by atoms with Crippen molar-refractivity contribution in [2.45, 2.75) is 91.0 Å². The molecule has 0 radical (unpaired) electrons. The van der Waals surface area contributed by atoms with Crippen LogP contribution in [0.2, 0.25) is 0 Å². The third kappa shape index (κ3) is 5.73. The van der Waals surface area contributed by atoms with Gasteiger partial charge < -0.3 is 5.32 Å². The van der Waals surface area contributed by atoms with E-state index >= 15 is 0 Å². The molecular formula is C17H35N. The Morgan fingerprint density at radius 3 is 2.17 bits per heavy atom. The highest BCUT2D eigenvalue weighted by atomic mass is 14.9. The van der Waals surface area contributed by atoms with Crippen LogP contribution >= 0.6 is 0 Å².